The Labute approximate surface area is 151 Å². The Hall–Kier alpha value is -2.21. The van der Waals surface area contributed by atoms with Crippen LogP contribution in [-0.2, 0) is 4.79 Å². The highest BCUT2D eigenvalue weighted by atomic mass is 32.2. The lowest BCUT2D eigenvalue weighted by Gasteiger charge is -2.20. The molecule has 0 saturated heterocycles. The van der Waals surface area contributed by atoms with Gasteiger partial charge in [-0.1, -0.05) is 49.1 Å². The lowest BCUT2D eigenvalue weighted by Crippen LogP contribution is -2.35. The van der Waals surface area contributed by atoms with Gasteiger partial charge in [-0.25, -0.2) is 0 Å². The van der Waals surface area contributed by atoms with Crippen molar-refractivity contribution in [1.29, 1.82) is 5.41 Å². The Bertz CT molecular complexity index is 816. The van der Waals surface area contributed by atoms with Crippen LogP contribution in [0.2, 0.25) is 0 Å². The highest BCUT2D eigenvalue weighted by Crippen LogP contribution is 2.36. The Morgan fingerprint density at radius 2 is 1.92 bits per heavy atom. The summed E-state index contributed by atoms with van der Waals surface area (Å²) >= 11 is 1.46. The molecule has 1 N–H and O–H groups in total. The zero-order valence-corrected chi connectivity index (χ0v) is 15.0. The van der Waals surface area contributed by atoms with E-state index in [0.29, 0.717) is 16.7 Å². The number of amides is 1. The van der Waals surface area contributed by atoms with E-state index < -0.39 is 0 Å². The first kappa shape index (κ1) is 16.3. The summed E-state index contributed by atoms with van der Waals surface area (Å²) in [4.78, 5) is 16.6. The molecule has 0 bridgehead atoms. The molecule has 5 nitrogen and oxygen atoms in total. The molecule has 4 rings (SSSR count). The maximum atomic E-state index is 12.4. The molecule has 0 unspecified atom stereocenters. The second-order valence-corrected chi connectivity index (χ2v) is 7.69. The Kier molecular flexibility index (Phi) is 4.29. The molecule has 1 fully saturated rings. The molecule has 1 aromatic rings. The number of carbonyl (C=O) groups excluding carboxylic acids is 1. The lowest BCUT2D eigenvalue weighted by molar-refractivity contribution is -0.114. The molecule has 1 saturated carbocycles. The van der Waals surface area contributed by atoms with Crippen molar-refractivity contribution in [3.05, 3.63) is 41.0 Å². The number of hydrogen-bond acceptors (Lipinski definition) is 4. The van der Waals surface area contributed by atoms with Crippen LogP contribution < -0.4 is 0 Å². The SMILES string of the molecule is Cc1ccc(/C=C2/C(=N)N3N=C(C4CCCCC4)SC3=NC2=O)cc1. The third-order valence-electron chi connectivity index (χ3n) is 4.81. The predicted octanol–water partition coefficient (Wildman–Crippen LogP) is 4.19. The van der Waals surface area contributed by atoms with Crippen LogP contribution in [0, 0.1) is 18.3 Å². The number of benzene rings is 1. The normalized spacial score (nSPS) is 22.9. The zero-order chi connectivity index (χ0) is 17.4. The van der Waals surface area contributed by atoms with E-state index in [1.807, 2.05) is 31.2 Å². The Balaban J connectivity index is 1.62. The quantitative estimate of drug-likeness (QED) is 0.811. The molecule has 1 aromatic carbocycles. The van der Waals surface area contributed by atoms with E-state index in [1.54, 1.807) is 6.08 Å². The third-order valence-corrected chi connectivity index (χ3v) is 5.88. The van der Waals surface area contributed by atoms with Gasteiger partial charge >= 0.3 is 0 Å². The van der Waals surface area contributed by atoms with Gasteiger partial charge < -0.3 is 0 Å². The number of thioether (sulfide) groups is 1. The number of nitrogens with one attached hydrogen (secondary N) is 1. The lowest BCUT2D eigenvalue weighted by atomic mass is 9.90. The monoisotopic (exact) mass is 352 g/mol. The molecule has 6 heteroatoms. The first-order valence-corrected chi connectivity index (χ1v) is 9.50. The Morgan fingerprint density at radius 1 is 1.20 bits per heavy atom. The fourth-order valence-corrected chi connectivity index (χ4v) is 4.41. The van der Waals surface area contributed by atoms with Crippen molar-refractivity contribution in [2.75, 3.05) is 0 Å². The van der Waals surface area contributed by atoms with Crippen molar-refractivity contribution in [2.24, 2.45) is 16.0 Å². The van der Waals surface area contributed by atoms with Crippen LogP contribution in [0.5, 0.6) is 0 Å². The summed E-state index contributed by atoms with van der Waals surface area (Å²) in [6.07, 6.45) is 7.75. The summed E-state index contributed by atoms with van der Waals surface area (Å²) in [7, 11) is 0. The van der Waals surface area contributed by atoms with E-state index in [9.17, 15) is 4.79 Å². The summed E-state index contributed by atoms with van der Waals surface area (Å²) in [6, 6.07) is 7.86. The summed E-state index contributed by atoms with van der Waals surface area (Å²) in [6.45, 7) is 2.02. The van der Waals surface area contributed by atoms with E-state index in [1.165, 1.54) is 36.0 Å². The molecule has 0 aromatic heterocycles. The number of fused-ring (bicyclic) bond motifs is 1. The fraction of sp³-hybridized carbons (Fsp3) is 0.368. The molecule has 1 aliphatic carbocycles. The van der Waals surface area contributed by atoms with Crippen LogP contribution >= 0.6 is 11.8 Å². The maximum absolute atomic E-state index is 12.4. The van der Waals surface area contributed by atoms with Gasteiger partial charge in [0.15, 0.2) is 5.84 Å². The molecular weight excluding hydrogens is 332 g/mol. The average molecular weight is 352 g/mol. The van der Waals surface area contributed by atoms with Crippen molar-refractivity contribution < 1.29 is 4.79 Å². The second kappa shape index (κ2) is 6.59. The van der Waals surface area contributed by atoms with Crippen LogP contribution in [0.4, 0.5) is 0 Å². The van der Waals surface area contributed by atoms with Crippen LogP contribution in [-0.4, -0.2) is 27.0 Å². The number of aryl methyl sites for hydroxylation is 1. The standard InChI is InChI=1S/C19H20N4OS/c1-12-7-9-13(10-8-12)11-15-16(20)23-19(21-17(15)24)25-18(22-23)14-5-3-2-4-6-14/h7-11,14,20H,2-6H2,1H3/b15-11-,20-16?. The third kappa shape index (κ3) is 3.18. The van der Waals surface area contributed by atoms with Crippen molar-refractivity contribution in [2.45, 2.75) is 39.0 Å². The van der Waals surface area contributed by atoms with E-state index in [-0.39, 0.29) is 11.7 Å². The predicted molar refractivity (Wildman–Crippen MR) is 103 cm³/mol. The topological polar surface area (TPSA) is 68.9 Å². The Morgan fingerprint density at radius 3 is 2.64 bits per heavy atom. The molecule has 2 heterocycles. The molecule has 1 amide bonds. The van der Waals surface area contributed by atoms with Gasteiger partial charge in [-0.3, -0.25) is 10.2 Å². The van der Waals surface area contributed by atoms with Gasteiger partial charge in [-0.2, -0.15) is 15.1 Å². The molecule has 0 atom stereocenters. The van der Waals surface area contributed by atoms with Gasteiger partial charge in [0, 0.05) is 5.92 Å². The number of carbonyl (C=O) groups is 1. The van der Waals surface area contributed by atoms with E-state index in [4.69, 9.17) is 5.41 Å². The smallest absolute Gasteiger partial charge is 0.282 e. The number of aliphatic imine (C=N–C) groups is 1. The number of hydrogen-bond donors (Lipinski definition) is 1. The minimum absolute atomic E-state index is 0.119. The highest BCUT2D eigenvalue weighted by molar-refractivity contribution is 8.27. The first-order valence-electron chi connectivity index (χ1n) is 8.68. The van der Waals surface area contributed by atoms with Crippen LogP contribution in [0.15, 0.2) is 39.9 Å². The summed E-state index contributed by atoms with van der Waals surface area (Å²) in [5, 5.41) is 16.1. The molecule has 0 radical (unpaired) electrons. The minimum atomic E-state index is -0.357. The van der Waals surface area contributed by atoms with Crippen LogP contribution in [0.3, 0.4) is 0 Å². The largest absolute Gasteiger partial charge is 0.283 e. The van der Waals surface area contributed by atoms with Gasteiger partial charge in [0.05, 0.1) is 5.57 Å². The number of rotatable bonds is 2. The van der Waals surface area contributed by atoms with Crippen LogP contribution in [0.1, 0.15) is 43.2 Å². The van der Waals surface area contributed by atoms with E-state index in [0.717, 1.165) is 29.0 Å². The summed E-state index contributed by atoms with van der Waals surface area (Å²) in [5.74, 6) is 0.206. The first-order chi connectivity index (χ1) is 12.1. The zero-order valence-electron chi connectivity index (χ0n) is 14.2. The van der Waals surface area contributed by atoms with Crippen molar-refractivity contribution >= 4 is 39.8 Å². The van der Waals surface area contributed by atoms with Crippen molar-refractivity contribution in [3.63, 3.8) is 0 Å². The summed E-state index contributed by atoms with van der Waals surface area (Å²) < 4.78 is 0. The molecule has 2 aliphatic heterocycles. The molecular formula is C19H20N4OS. The second-order valence-electron chi connectivity index (χ2n) is 6.70. The number of amidine groups is 2. The molecule has 0 spiro atoms. The van der Waals surface area contributed by atoms with Crippen molar-refractivity contribution in [3.8, 4) is 0 Å². The van der Waals surface area contributed by atoms with Crippen molar-refractivity contribution in [1.82, 2.24) is 5.01 Å². The van der Waals surface area contributed by atoms with Gasteiger partial charge in [-0.15, -0.1) is 0 Å². The maximum Gasteiger partial charge on any atom is 0.283 e. The summed E-state index contributed by atoms with van der Waals surface area (Å²) in [5.41, 5.74) is 2.34. The van der Waals surface area contributed by atoms with Gasteiger partial charge in [-0.05, 0) is 43.2 Å². The van der Waals surface area contributed by atoms with Crippen LogP contribution in [0.25, 0.3) is 6.08 Å². The molecule has 128 valence electrons. The van der Waals surface area contributed by atoms with E-state index >= 15 is 0 Å². The number of nitrogens with zero attached hydrogens (tertiary/aromatic N) is 3. The highest BCUT2D eigenvalue weighted by Gasteiger charge is 2.37. The van der Waals surface area contributed by atoms with Gasteiger partial charge in [0.25, 0.3) is 5.91 Å². The van der Waals surface area contributed by atoms with Gasteiger partial charge in [0.1, 0.15) is 5.04 Å². The number of hydrazone groups is 1. The van der Waals surface area contributed by atoms with Gasteiger partial charge in [0.2, 0.25) is 5.17 Å². The average Bonchev–Trinajstić information content (AvgIpc) is 3.05. The van der Waals surface area contributed by atoms with E-state index in [2.05, 4.69) is 10.1 Å². The fourth-order valence-electron chi connectivity index (χ4n) is 3.35. The molecule has 3 aliphatic rings. The molecule has 25 heavy (non-hydrogen) atoms. The minimum Gasteiger partial charge on any atom is -0.282 e.